The minimum absolute atomic E-state index is 0.0199. The van der Waals surface area contributed by atoms with Gasteiger partial charge in [-0.1, -0.05) is 22.8 Å². The number of sulfonamides is 1. The number of nitrogens with two attached hydrogens (primary N) is 1. The highest BCUT2D eigenvalue weighted by atomic mass is 35.5. The summed E-state index contributed by atoms with van der Waals surface area (Å²) in [6.07, 6.45) is 1.55. The van der Waals surface area contributed by atoms with Gasteiger partial charge in [0, 0.05) is 0 Å². The number of rotatable bonds is 6. The van der Waals surface area contributed by atoms with Crippen LogP contribution in [0, 0.1) is 39.0 Å². The van der Waals surface area contributed by atoms with E-state index in [-0.39, 0.29) is 17.3 Å². The number of primary amides is 1. The Bertz CT molecular complexity index is 1250. The zero-order valence-electron chi connectivity index (χ0n) is 17.3. The Morgan fingerprint density at radius 3 is 2.61 bits per heavy atom. The maximum Gasteiger partial charge on any atom is 0.257 e. The molecule has 3 N–H and O–H groups in total. The number of benzene rings is 1. The van der Waals surface area contributed by atoms with Crippen molar-refractivity contribution in [2.45, 2.75) is 44.1 Å². The molecule has 1 aliphatic heterocycles. The van der Waals surface area contributed by atoms with E-state index in [9.17, 15) is 18.5 Å². The highest BCUT2D eigenvalue weighted by Crippen LogP contribution is 2.50. The largest absolute Gasteiger partial charge is 0.369 e. The number of aromatic nitrogens is 1. The zero-order valence-corrected chi connectivity index (χ0v) is 19.7. The molecule has 2 atom stereocenters. The predicted octanol–water partition coefficient (Wildman–Crippen LogP) is 3.38. The average Bonchev–Trinajstić information content (AvgIpc) is 3.25. The molecule has 0 fully saturated rings. The molecule has 1 aromatic carbocycles. The summed E-state index contributed by atoms with van der Waals surface area (Å²) in [7, 11) is -4.38. The molecule has 0 saturated carbocycles. The number of hydrogen-bond donors (Lipinski definition) is 2. The van der Waals surface area contributed by atoms with E-state index in [2.05, 4.69) is 15.9 Å². The molecule has 0 bridgehead atoms. The zero-order chi connectivity index (χ0) is 23.1. The first-order valence-corrected chi connectivity index (χ1v) is 12.0. The van der Waals surface area contributed by atoms with Crippen molar-refractivity contribution in [2.75, 3.05) is 4.72 Å². The number of halogens is 1. The van der Waals surface area contributed by atoms with Crippen LogP contribution in [0.5, 0.6) is 0 Å². The van der Waals surface area contributed by atoms with Gasteiger partial charge in [-0.3, -0.25) is 4.79 Å². The van der Waals surface area contributed by atoms with Crippen LogP contribution in [0.2, 0.25) is 5.02 Å². The normalized spacial score (nSPS) is 20.6. The van der Waals surface area contributed by atoms with E-state index in [1.165, 1.54) is 6.08 Å². The smallest absolute Gasteiger partial charge is 0.257 e. The number of nitrogens with one attached hydrogen (secondary N) is 1. The van der Waals surface area contributed by atoms with E-state index in [1.807, 2.05) is 13.0 Å². The summed E-state index contributed by atoms with van der Waals surface area (Å²) < 4.78 is 33.3. The van der Waals surface area contributed by atoms with Crippen molar-refractivity contribution in [3.8, 4) is 6.07 Å². The van der Waals surface area contributed by atoms with Gasteiger partial charge in [0.25, 0.3) is 5.88 Å². The molecule has 31 heavy (non-hydrogen) atoms. The number of aryl methyl sites for hydroxylation is 3. The van der Waals surface area contributed by atoms with Gasteiger partial charge in [-0.25, -0.2) is 13.1 Å². The van der Waals surface area contributed by atoms with Crippen LogP contribution in [-0.2, 0) is 26.0 Å². The fourth-order valence-corrected chi connectivity index (χ4v) is 7.64. The average molecular weight is 481 g/mol. The van der Waals surface area contributed by atoms with Crippen LogP contribution in [0.25, 0.3) is 0 Å². The fourth-order valence-electron chi connectivity index (χ4n) is 4.07. The Labute approximate surface area is 189 Å². The molecule has 2 unspecified atom stereocenters. The van der Waals surface area contributed by atoms with Crippen molar-refractivity contribution in [3.05, 3.63) is 56.1 Å². The molecule has 2 heterocycles. The quantitative estimate of drug-likeness (QED) is 0.645. The molecule has 0 radical (unpaired) electrons. The summed E-state index contributed by atoms with van der Waals surface area (Å²) in [5, 5.41) is 13.4. The van der Waals surface area contributed by atoms with Crippen molar-refractivity contribution in [1.29, 1.82) is 5.26 Å². The fraction of sp³-hybridized carbons (Fsp3) is 0.350. The Balaban J connectivity index is 2.35. The summed E-state index contributed by atoms with van der Waals surface area (Å²) in [6.45, 7) is 6.94. The van der Waals surface area contributed by atoms with E-state index in [1.54, 1.807) is 26.2 Å². The van der Waals surface area contributed by atoms with Crippen molar-refractivity contribution >= 4 is 45.2 Å². The maximum absolute atomic E-state index is 13.9. The van der Waals surface area contributed by atoms with Gasteiger partial charge < -0.3 is 10.3 Å². The van der Waals surface area contributed by atoms with Crippen LogP contribution in [0.15, 0.2) is 22.1 Å². The van der Waals surface area contributed by atoms with Crippen LogP contribution < -0.4 is 10.5 Å². The lowest BCUT2D eigenvalue weighted by atomic mass is 9.82. The second kappa shape index (κ2) is 8.22. The van der Waals surface area contributed by atoms with Gasteiger partial charge in [0.05, 0.1) is 12.5 Å². The third-order valence-electron chi connectivity index (χ3n) is 5.42. The number of anilines is 1. The van der Waals surface area contributed by atoms with E-state index in [4.69, 9.17) is 21.9 Å². The summed E-state index contributed by atoms with van der Waals surface area (Å²) >= 11 is 7.15. The number of carbonyl (C=O) groups excluding carboxylic acids is 1. The number of carbonyl (C=O) groups is 1. The molecule has 11 heteroatoms. The lowest BCUT2D eigenvalue weighted by Gasteiger charge is -2.35. The Morgan fingerprint density at radius 1 is 1.39 bits per heavy atom. The van der Waals surface area contributed by atoms with E-state index in [0.717, 1.165) is 17.3 Å². The molecule has 2 aromatic rings. The van der Waals surface area contributed by atoms with Crippen LogP contribution >= 0.6 is 23.4 Å². The van der Waals surface area contributed by atoms with Gasteiger partial charge >= 0.3 is 0 Å². The van der Waals surface area contributed by atoms with E-state index < -0.39 is 25.9 Å². The van der Waals surface area contributed by atoms with Gasteiger partial charge in [-0.2, -0.15) is 5.26 Å². The molecule has 0 spiro atoms. The van der Waals surface area contributed by atoms with Gasteiger partial charge in [-0.05, 0) is 67.0 Å². The first kappa shape index (κ1) is 23.2. The van der Waals surface area contributed by atoms with Crippen LogP contribution in [0.3, 0.4) is 0 Å². The number of nitriles is 1. The van der Waals surface area contributed by atoms with Gasteiger partial charge in [-0.15, -0.1) is 11.8 Å². The number of nitrogens with zero attached hydrogens (tertiary/aromatic N) is 2. The molecule has 0 saturated heterocycles. The Hall–Kier alpha value is -2.48. The first-order valence-electron chi connectivity index (χ1n) is 9.21. The van der Waals surface area contributed by atoms with Crippen LogP contribution in [0.1, 0.15) is 33.5 Å². The van der Waals surface area contributed by atoms with Gasteiger partial charge in [0.15, 0.2) is 4.75 Å². The molecular weight excluding hydrogens is 460 g/mol. The standard InChI is InChI=1S/C20H21ClN4O4S2/c1-10-9-11(2)15(12(3)14(10)5-7-22)20(6-8-30-17(20)18(23)26)31(27,28)25-19-16(21)13(4)24-29-19/h6,8-9,17,25H,5H2,1-4H3,(H2,23,26). The van der Waals surface area contributed by atoms with Crippen LogP contribution in [0.4, 0.5) is 5.88 Å². The minimum Gasteiger partial charge on any atom is -0.369 e. The van der Waals surface area contributed by atoms with Crippen molar-refractivity contribution < 1.29 is 17.7 Å². The number of amides is 1. The first-order chi connectivity index (χ1) is 14.5. The van der Waals surface area contributed by atoms with Crippen molar-refractivity contribution in [2.24, 2.45) is 5.73 Å². The number of thioether (sulfide) groups is 1. The monoisotopic (exact) mass is 480 g/mol. The van der Waals surface area contributed by atoms with Crippen LogP contribution in [-0.4, -0.2) is 24.7 Å². The Kier molecular flexibility index (Phi) is 6.15. The van der Waals surface area contributed by atoms with E-state index >= 15 is 0 Å². The molecule has 8 nitrogen and oxygen atoms in total. The van der Waals surface area contributed by atoms with E-state index in [0.29, 0.717) is 27.9 Å². The highest BCUT2D eigenvalue weighted by Gasteiger charge is 2.57. The highest BCUT2D eigenvalue weighted by molar-refractivity contribution is 8.05. The molecular formula is C20H21ClN4O4S2. The SMILES string of the molecule is Cc1cc(C)c(C2(S(=O)(=O)Nc3onc(C)c3Cl)C=CSC2C(N)=O)c(C)c1CC#N. The number of hydrogen-bond acceptors (Lipinski definition) is 7. The third kappa shape index (κ3) is 3.60. The minimum atomic E-state index is -4.38. The Morgan fingerprint density at radius 2 is 2.06 bits per heavy atom. The molecule has 1 amide bonds. The molecule has 1 aliphatic rings. The topological polar surface area (TPSA) is 139 Å². The van der Waals surface area contributed by atoms with Crippen molar-refractivity contribution in [3.63, 3.8) is 0 Å². The third-order valence-corrected chi connectivity index (χ3v) is 9.10. The van der Waals surface area contributed by atoms with Gasteiger partial charge in [0.1, 0.15) is 16.0 Å². The second-order valence-electron chi connectivity index (χ2n) is 7.35. The van der Waals surface area contributed by atoms with Gasteiger partial charge in [0.2, 0.25) is 15.9 Å². The second-order valence-corrected chi connectivity index (χ2v) is 10.6. The molecule has 1 aromatic heterocycles. The summed E-state index contributed by atoms with van der Waals surface area (Å²) in [6, 6.07) is 3.93. The lowest BCUT2D eigenvalue weighted by molar-refractivity contribution is -0.117. The summed E-state index contributed by atoms with van der Waals surface area (Å²) in [5.74, 6) is -1.03. The molecule has 0 aliphatic carbocycles. The predicted molar refractivity (Wildman–Crippen MR) is 120 cm³/mol. The lowest BCUT2D eigenvalue weighted by Crippen LogP contribution is -2.51. The summed E-state index contributed by atoms with van der Waals surface area (Å²) in [5.41, 5.74) is 9.20. The van der Waals surface area contributed by atoms with Crippen molar-refractivity contribution in [1.82, 2.24) is 5.16 Å². The molecule has 3 rings (SSSR count). The maximum atomic E-state index is 13.9. The summed E-state index contributed by atoms with van der Waals surface area (Å²) in [4.78, 5) is 12.4. The molecule has 164 valence electrons.